The van der Waals surface area contributed by atoms with Crippen molar-refractivity contribution in [1.29, 1.82) is 0 Å². The second-order valence-corrected chi connectivity index (χ2v) is 33.5. The van der Waals surface area contributed by atoms with Gasteiger partial charge >= 0.3 is 5.97 Å². The first-order valence-corrected chi connectivity index (χ1v) is 36.1. The number of rotatable bonds is 4. The van der Waals surface area contributed by atoms with Crippen molar-refractivity contribution in [2.45, 2.75) is 214 Å². The van der Waals surface area contributed by atoms with Crippen molar-refractivity contribution >= 4 is 12.3 Å². The quantitative estimate of drug-likeness (QED) is 0.0841. The summed E-state index contributed by atoms with van der Waals surface area (Å²) in [6.07, 6.45) is 17.5. The molecule has 0 amide bonds. The number of carbonyl (C=O) groups excluding carboxylic acids is 2. The molecule has 3 spiro atoms. The average Bonchev–Trinajstić information content (AvgIpc) is 1.18. The Kier molecular flexibility index (Phi) is 13.2. The van der Waals surface area contributed by atoms with Gasteiger partial charge in [-0.25, -0.2) is 4.79 Å². The molecule has 90 heavy (non-hydrogen) atoms. The van der Waals surface area contributed by atoms with Crippen molar-refractivity contribution in [1.82, 2.24) is 5.32 Å². The first kappa shape index (κ1) is 58.0. The molecule has 10 nitrogen and oxygen atoms in total. The van der Waals surface area contributed by atoms with Gasteiger partial charge in [-0.2, -0.15) is 0 Å². The van der Waals surface area contributed by atoms with Crippen LogP contribution in [0.4, 0.5) is 0 Å². The summed E-state index contributed by atoms with van der Waals surface area (Å²) in [5, 5.41) is 76.9. The minimum Gasteiger partial charge on any atom is -0.454 e. The van der Waals surface area contributed by atoms with Crippen LogP contribution in [-0.4, -0.2) is 92.1 Å². The van der Waals surface area contributed by atoms with Crippen molar-refractivity contribution in [3.05, 3.63) is 118 Å². The van der Waals surface area contributed by atoms with Crippen LogP contribution in [-0.2, 0) is 44.9 Å². The molecule has 10 saturated carbocycles. The van der Waals surface area contributed by atoms with E-state index in [1.54, 1.807) is 6.08 Å². The zero-order chi connectivity index (χ0) is 61.1. The number of aliphatic hydroxyl groups excluding tert-OH is 2. The molecular weight excluding hydrogens is 1120 g/mol. The van der Waals surface area contributed by atoms with Gasteiger partial charge in [-0.3, -0.25) is 0 Å². The number of ether oxygens (including phenoxy) is 2. The fourth-order valence-electron chi connectivity index (χ4n) is 27.7. The smallest absolute Gasteiger partial charge is 0.331 e. The molecular formula is C80H95NO9. The lowest BCUT2D eigenvalue weighted by molar-refractivity contribution is -0.400. The van der Waals surface area contributed by atoms with Gasteiger partial charge in [0, 0.05) is 69.9 Å². The molecule has 0 radical (unpaired) electrons. The molecule has 0 aromatic heterocycles. The maximum Gasteiger partial charge on any atom is 0.331 e. The van der Waals surface area contributed by atoms with Crippen molar-refractivity contribution < 1.29 is 44.6 Å². The van der Waals surface area contributed by atoms with Crippen molar-refractivity contribution in [2.24, 2.45) is 110 Å². The fraction of sp³-hybridized carbons (Fsp3) is 0.675. The van der Waals surface area contributed by atoms with Crippen LogP contribution in [0.25, 0.3) is 0 Å². The normalized spacial score (nSPS) is 49.9. The van der Waals surface area contributed by atoms with Crippen LogP contribution in [0.5, 0.6) is 0 Å². The zero-order valence-electron chi connectivity index (χ0n) is 53.0. The van der Waals surface area contributed by atoms with Gasteiger partial charge in [-0.05, 0) is 240 Å². The van der Waals surface area contributed by atoms with Gasteiger partial charge in [-0.1, -0.05) is 104 Å². The van der Waals surface area contributed by atoms with Crippen LogP contribution in [0.1, 0.15) is 175 Å². The fourth-order valence-corrected chi connectivity index (χ4v) is 27.7. The third kappa shape index (κ3) is 7.57. The van der Waals surface area contributed by atoms with Crippen LogP contribution in [0.15, 0.2) is 84.4 Å². The number of hydrogen-bond acceptors (Lipinski definition) is 10. The lowest BCUT2D eigenvalue weighted by atomic mass is 9.30. The molecule has 10 heteroatoms. The van der Waals surface area contributed by atoms with Gasteiger partial charge in [0.25, 0.3) is 0 Å². The molecule has 3 aromatic carbocycles. The Morgan fingerprint density at radius 2 is 1.56 bits per heavy atom. The number of benzene rings is 3. The second-order valence-electron chi connectivity index (χ2n) is 33.5. The highest BCUT2D eigenvalue weighted by molar-refractivity contribution is 5.86. The summed E-state index contributed by atoms with van der Waals surface area (Å²) >= 11 is 0. The van der Waals surface area contributed by atoms with Gasteiger partial charge < -0.3 is 45.1 Å². The van der Waals surface area contributed by atoms with E-state index in [1.807, 2.05) is 19.2 Å². The van der Waals surface area contributed by atoms with Crippen molar-refractivity contribution in [3.63, 3.8) is 0 Å². The number of carbonyl (C=O) groups is 2. The molecule has 3 heterocycles. The zero-order valence-corrected chi connectivity index (χ0v) is 53.0. The Balaban J connectivity index is 0.900. The Hall–Kier alpha value is -4.62. The molecule has 16 aliphatic rings. The lowest BCUT2D eigenvalue weighted by Crippen LogP contribution is -2.88. The van der Waals surface area contributed by atoms with E-state index in [1.165, 1.54) is 23.1 Å². The van der Waals surface area contributed by atoms with Crippen LogP contribution < -0.4 is 5.32 Å². The monoisotopic (exact) mass is 1210 g/mol. The van der Waals surface area contributed by atoms with Crippen LogP contribution in [0.2, 0.25) is 0 Å². The molecule has 3 aliphatic heterocycles. The van der Waals surface area contributed by atoms with Crippen LogP contribution in [0, 0.1) is 134 Å². The Morgan fingerprint density at radius 1 is 0.767 bits per heavy atom. The highest BCUT2D eigenvalue weighted by Gasteiger charge is 2.90. The molecule has 19 rings (SSSR count). The Labute approximate surface area is 532 Å². The van der Waals surface area contributed by atoms with E-state index in [2.05, 4.69) is 96.6 Å². The molecule has 1 saturated heterocycles. The molecule has 0 unspecified atom stereocenters. The van der Waals surface area contributed by atoms with E-state index < -0.39 is 86.2 Å². The maximum absolute atomic E-state index is 16.4. The van der Waals surface area contributed by atoms with Gasteiger partial charge in [0.2, 0.25) is 0 Å². The van der Waals surface area contributed by atoms with E-state index >= 15 is 20.1 Å². The minimum absolute atomic E-state index is 0.0733. The molecule has 474 valence electrons. The second kappa shape index (κ2) is 20.4. The maximum atomic E-state index is 16.4. The Morgan fingerprint density at radius 3 is 2.37 bits per heavy atom. The summed E-state index contributed by atoms with van der Waals surface area (Å²) in [5.74, 6) is 13.6. The van der Waals surface area contributed by atoms with E-state index in [0.717, 1.165) is 112 Å². The number of aliphatic hydroxyl groups is 5. The summed E-state index contributed by atoms with van der Waals surface area (Å²) < 4.78 is 14.8. The number of aldehydes is 1. The van der Waals surface area contributed by atoms with Crippen molar-refractivity contribution in [3.8, 4) is 23.7 Å². The van der Waals surface area contributed by atoms with E-state index in [-0.39, 0.29) is 84.5 Å². The predicted molar refractivity (Wildman–Crippen MR) is 340 cm³/mol. The van der Waals surface area contributed by atoms with Crippen molar-refractivity contribution in [2.75, 3.05) is 7.05 Å². The number of fused-ring (bicyclic) bond motifs is 9. The van der Waals surface area contributed by atoms with Gasteiger partial charge in [-0.15, -0.1) is 5.92 Å². The number of nitrogens with one attached hydrogen (secondary N) is 1. The molecule has 17 bridgehead atoms. The summed E-state index contributed by atoms with van der Waals surface area (Å²) in [5.41, 5.74) is -2.62. The largest absolute Gasteiger partial charge is 0.454 e. The summed E-state index contributed by atoms with van der Waals surface area (Å²) in [7, 11) is 1.97. The molecule has 11 fully saturated rings. The third-order valence-electron chi connectivity index (χ3n) is 30.7. The SMILES string of the molecule is CN[C@@H]1Cc2c(cccc2CO)C#CC2(CCCC2)C[C@]23C[C@H]4C#CC[C@H]5[C@H]6C[C@@H]7C[C@@H]8Cc9cccc(c9)C[C@H]9CC[C@H](C9)[C@H](C)[C@@H]9CC[C@@H]%10[C@@H](O8)[C@]7(C[C@]7(C=O)[C@@H]4[C@@](O)([C@H](O)[C@@H](C9)[C@]%107O)[C@@]2(O)C[C@H]2C[C@@H]1[C@H]1OC(=O)C=C1[C@@H]23)[C@H]6CC[C@@H]5c1ccccc1. The van der Waals surface area contributed by atoms with E-state index in [4.69, 9.17) is 9.47 Å². The highest BCUT2D eigenvalue weighted by Crippen LogP contribution is 2.83. The molecule has 27 atom stereocenters. The van der Waals surface area contributed by atoms with Gasteiger partial charge in [0.1, 0.15) is 23.6 Å². The van der Waals surface area contributed by atoms with Crippen LogP contribution >= 0.6 is 0 Å². The molecule has 13 aliphatic carbocycles. The van der Waals surface area contributed by atoms with Gasteiger partial charge in [0.05, 0.1) is 35.9 Å². The predicted octanol–water partition coefficient (Wildman–Crippen LogP) is 10.8. The topological polar surface area (TPSA) is 166 Å². The van der Waals surface area contributed by atoms with E-state index in [9.17, 15) is 15.0 Å². The summed E-state index contributed by atoms with van der Waals surface area (Å²) in [6, 6.07) is 26.4. The number of hydrogen-bond donors (Lipinski definition) is 6. The molecule has 6 N–H and O–H groups in total. The summed E-state index contributed by atoms with van der Waals surface area (Å²) in [6.45, 7) is 2.31. The average molecular weight is 1210 g/mol. The van der Waals surface area contributed by atoms with Gasteiger partial charge in [0.15, 0.2) is 0 Å². The highest BCUT2D eigenvalue weighted by atomic mass is 16.5. The first-order chi connectivity index (χ1) is 43.6. The third-order valence-corrected chi connectivity index (χ3v) is 30.7. The lowest BCUT2D eigenvalue weighted by Gasteiger charge is -2.77. The summed E-state index contributed by atoms with van der Waals surface area (Å²) in [4.78, 5) is 30.8. The number of likely N-dealkylation sites (N-methyl/N-ethyl adjacent to an activating group) is 1. The minimum atomic E-state index is -2.35. The molecule has 3 aromatic rings. The first-order valence-electron chi connectivity index (χ1n) is 36.1. The standard InChI is InChI=1S/C80H95NO9/c1-45-51-20-19-48(31-51)30-46-11-8-12-47(29-46)32-57-35-56-36-61-59-18-10-16-53-39-75-42-74(26-6-7-27-74)28-25-50-15-9-17-54(41-82)60(50)37-67(81-2)62-33-55(69(75)63-38-68(84)90-70(62)63)40-78(75,86)80(88)71(53)76(44-83)43-77(56,64(61)24-22-58(59)49-13-4-3-5-14-49)73(89-57)65-23-21-52(45)34-66(72(80)85)79(65,76)87/h3-5,8-9,11-15,17,29,38,44-45,48,51-53,55-59,61-62,64-67,69-73,81-82,85-88H,6-7,18-24,26-27,30-37,39-43H2,1-2H3/t45-,48+,51+,52+,53+,55+,56-,57-,58+,59+,61+,62-,64-,65+,66+,67+,69+,70+,71+,72+,73+,75-,76-,77-,78+,79+,80+/m0/s1. The van der Waals surface area contributed by atoms with E-state index in [0.29, 0.717) is 63.2 Å². The van der Waals surface area contributed by atoms with Crippen LogP contribution in [0.3, 0.4) is 0 Å². The number of esters is 1. The Bertz CT molecular complexity index is 3590.